The number of hydrogen-bond acceptors (Lipinski definition) is 5. The van der Waals surface area contributed by atoms with Crippen molar-refractivity contribution in [1.82, 2.24) is 10.1 Å². The Balaban J connectivity index is 1.81. The molecule has 1 aliphatic rings. The van der Waals surface area contributed by atoms with E-state index in [4.69, 9.17) is 15.0 Å². The van der Waals surface area contributed by atoms with Gasteiger partial charge >= 0.3 is 0 Å². The molecule has 1 aromatic carbocycles. The molecule has 5 heteroatoms. The quantitative estimate of drug-likeness (QED) is 0.892. The van der Waals surface area contributed by atoms with Gasteiger partial charge in [-0.25, -0.2) is 0 Å². The van der Waals surface area contributed by atoms with Crippen LogP contribution >= 0.6 is 0 Å². The third-order valence-electron chi connectivity index (χ3n) is 3.19. The van der Waals surface area contributed by atoms with Crippen molar-refractivity contribution in [3.8, 4) is 5.75 Å². The van der Waals surface area contributed by atoms with E-state index >= 15 is 0 Å². The minimum Gasteiger partial charge on any atom is -0.494 e. The second-order valence-electron chi connectivity index (χ2n) is 4.75. The molecule has 0 bridgehead atoms. The molecule has 1 fully saturated rings. The van der Waals surface area contributed by atoms with Gasteiger partial charge in [0.05, 0.1) is 12.6 Å². The third kappa shape index (κ3) is 2.61. The summed E-state index contributed by atoms with van der Waals surface area (Å²) in [6.07, 6.45) is 2.27. The normalized spacial score (nSPS) is 16.3. The molecule has 0 amide bonds. The van der Waals surface area contributed by atoms with Crippen molar-refractivity contribution >= 4 is 0 Å². The van der Waals surface area contributed by atoms with Crippen molar-refractivity contribution in [2.24, 2.45) is 5.73 Å². The molecule has 2 aromatic rings. The Kier molecular flexibility index (Phi) is 3.21. The molecule has 1 heterocycles. The Morgan fingerprint density at radius 2 is 2.32 bits per heavy atom. The summed E-state index contributed by atoms with van der Waals surface area (Å²) < 4.78 is 10.7. The van der Waals surface area contributed by atoms with Crippen LogP contribution in [0, 0.1) is 0 Å². The Morgan fingerprint density at radius 3 is 3.05 bits per heavy atom. The molecule has 5 nitrogen and oxygen atoms in total. The first-order chi connectivity index (χ1) is 9.28. The van der Waals surface area contributed by atoms with Gasteiger partial charge in [0.1, 0.15) is 5.75 Å². The van der Waals surface area contributed by atoms with E-state index in [1.54, 1.807) is 0 Å². The Morgan fingerprint density at radius 1 is 1.47 bits per heavy atom. The Labute approximate surface area is 111 Å². The van der Waals surface area contributed by atoms with Crippen LogP contribution in [0.4, 0.5) is 0 Å². The predicted molar refractivity (Wildman–Crippen MR) is 69.9 cm³/mol. The Hall–Kier alpha value is -1.88. The maximum absolute atomic E-state index is 6.17. The smallest absolute Gasteiger partial charge is 0.229 e. The second kappa shape index (κ2) is 5.01. The molecule has 0 spiro atoms. The van der Waals surface area contributed by atoms with Crippen LogP contribution in [0.15, 0.2) is 28.8 Å². The molecule has 1 aromatic heterocycles. The lowest BCUT2D eigenvalue weighted by atomic mass is 10.1. The lowest BCUT2D eigenvalue weighted by Crippen LogP contribution is -2.13. The van der Waals surface area contributed by atoms with Crippen molar-refractivity contribution in [3.05, 3.63) is 41.5 Å². The van der Waals surface area contributed by atoms with Crippen LogP contribution in [0.25, 0.3) is 0 Å². The SMILES string of the molecule is CCOc1cccc(C(N)c2noc(C3CC3)n2)c1. The van der Waals surface area contributed by atoms with E-state index in [1.807, 2.05) is 31.2 Å². The van der Waals surface area contributed by atoms with E-state index in [0.717, 1.165) is 24.2 Å². The molecule has 2 N–H and O–H groups in total. The number of ether oxygens (including phenoxy) is 1. The fourth-order valence-corrected chi connectivity index (χ4v) is 1.98. The summed E-state index contributed by atoms with van der Waals surface area (Å²) in [4.78, 5) is 4.38. The largest absolute Gasteiger partial charge is 0.494 e. The first-order valence-corrected chi connectivity index (χ1v) is 6.59. The second-order valence-corrected chi connectivity index (χ2v) is 4.75. The van der Waals surface area contributed by atoms with Crippen molar-refractivity contribution < 1.29 is 9.26 Å². The van der Waals surface area contributed by atoms with Gasteiger partial charge in [-0.15, -0.1) is 0 Å². The zero-order valence-electron chi connectivity index (χ0n) is 10.9. The van der Waals surface area contributed by atoms with E-state index in [2.05, 4.69) is 10.1 Å². The van der Waals surface area contributed by atoms with Gasteiger partial charge < -0.3 is 15.0 Å². The summed E-state index contributed by atoms with van der Waals surface area (Å²) in [6, 6.07) is 7.31. The highest BCUT2D eigenvalue weighted by molar-refractivity contribution is 5.33. The van der Waals surface area contributed by atoms with Crippen LogP contribution in [0.1, 0.15) is 49.0 Å². The minimum atomic E-state index is -0.378. The molecule has 0 radical (unpaired) electrons. The number of aromatic nitrogens is 2. The van der Waals surface area contributed by atoms with Crippen LogP contribution in [-0.2, 0) is 0 Å². The Bertz CT molecular complexity index is 563. The van der Waals surface area contributed by atoms with Crippen LogP contribution in [0.2, 0.25) is 0 Å². The first-order valence-electron chi connectivity index (χ1n) is 6.59. The van der Waals surface area contributed by atoms with Gasteiger partial charge in [-0.2, -0.15) is 4.98 Å². The van der Waals surface area contributed by atoms with Crippen LogP contribution in [0.5, 0.6) is 5.75 Å². The summed E-state index contributed by atoms with van der Waals surface area (Å²) in [5.74, 6) is 2.51. The van der Waals surface area contributed by atoms with Crippen molar-refractivity contribution in [2.45, 2.75) is 31.7 Å². The maximum Gasteiger partial charge on any atom is 0.229 e. The zero-order chi connectivity index (χ0) is 13.2. The number of rotatable bonds is 5. The predicted octanol–water partition coefficient (Wildman–Crippen LogP) is 2.39. The van der Waals surface area contributed by atoms with Gasteiger partial charge in [0.15, 0.2) is 5.82 Å². The standard InChI is InChI=1S/C14H17N3O2/c1-2-18-11-5-3-4-10(8-11)12(15)13-16-14(19-17-13)9-6-7-9/h3-5,8-9,12H,2,6-7,15H2,1H3. The summed E-state index contributed by atoms with van der Waals surface area (Å²) in [6.45, 7) is 2.58. The van der Waals surface area contributed by atoms with Gasteiger partial charge in [-0.05, 0) is 37.5 Å². The molecule has 1 atom stereocenters. The topological polar surface area (TPSA) is 74.2 Å². The fraction of sp³-hybridized carbons (Fsp3) is 0.429. The van der Waals surface area contributed by atoms with Gasteiger partial charge in [-0.1, -0.05) is 17.3 Å². The molecule has 1 unspecified atom stereocenters. The molecule has 19 heavy (non-hydrogen) atoms. The first kappa shape index (κ1) is 12.2. The highest BCUT2D eigenvalue weighted by atomic mass is 16.5. The molecular weight excluding hydrogens is 242 g/mol. The average Bonchev–Trinajstić information content (AvgIpc) is 3.17. The third-order valence-corrected chi connectivity index (χ3v) is 3.19. The summed E-state index contributed by atoms with van der Waals surface area (Å²) in [5, 5.41) is 3.98. The molecule has 1 aliphatic carbocycles. The van der Waals surface area contributed by atoms with Crippen LogP contribution in [-0.4, -0.2) is 16.7 Å². The van der Waals surface area contributed by atoms with Crippen molar-refractivity contribution in [3.63, 3.8) is 0 Å². The number of benzene rings is 1. The molecule has 1 saturated carbocycles. The van der Waals surface area contributed by atoms with E-state index in [1.165, 1.54) is 0 Å². The fourth-order valence-electron chi connectivity index (χ4n) is 1.98. The summed E-state index contributed by atoms with van der Waals surface area (Å²) >= 11 is 0. The van der Waals surface area contributed by atoms with Gasteiger partial charge in [0, 0.05) is 5.92 Å². The molecule has 0 aliphatic heterocycles. The molecular formula is C14H17N3O2. The monoisotopic (exact) mass is 259 g/mol. The van der Waals surface area contributed by atoms with E-state index < -0.39 is 0 Å². The van der Waals surface area contributed by atoms with Gasteiger partial charge in [0.2, 0.25) is 5.89 Å². The highest BCUT2D eigenvalue weighted by Crippen LogP contribution is 2.39. The van der Waals surface area contributed by atoms with Gasteiger partial charge in [-0.3, -0.25) is 0 Å². The lowest BCUT2D eigenvalue weighted by Gasteiger charge is -2.09. The van der Waals surface area contributed by atoms with E-state index in [-0.39, 0.29) is 6.04 Å². The summed E-state index contributed by atoms with van der Waals surface area (Å²) in [5.41, 5.74) is 7.10. The average molecular weight is 259 g/mol. The number of nitrogens with two attached hydrogens (primary N) is 1. The van der Waals surface area contributed by atoms with E-state index in [0.29, 0.717) is 24.2 Å². The molecule has 100 valence electrons. The molecule has 0 saturated heterocycles. The lowest BCUT2D eigenvalue weighted by molar-refractivity contribution is 0.339. The minimum absolute atomic E-state index is 0.378. The van der Waals surface area contributed by atoms with Crippen LogP contribution < -0.4 is 10.5 Å². The van der Waals surface area contributed by atoms with Crippen molar-refractivity contribution in [2.75, 3.05) is 6.61 Å². The maximum atomic E-state index is 6.17. The number of hydrogen-bond donors (Lipinski definition) is 1. The van der Waals surface area contributed by atoms with Crippen molar-refractivity contribution in [1.29, 1.82) is 0 Å². The summed E-state index contributed by atoms with van der Waals surface area (Å²) in [7, 11) is 0. The highest BCUT2D eigenvalue weighted by Gasteiger charge is 2.30. The zero-order valence-corrected chi connectivity index (χ0v) is 10.9. The van der Waals surface area contributed by atoms with Gasteiger partial charge in [0.25, 0.3) is 0 Å². The number of nitrogens with zero attached hydrogens (tertiary/aromatic N) is 2. The van der Waals surface area contributed by atoms with Crippen LogP contribution in [0.3, 0.4) is 0 Å². The molecule has 3 rings (SSSR count). The van der Waals surface area contributed by atoms with E-state index in [9.17, 15) is 0 Å².